The summed E-state index contributed by atoms with van der Waals surface area (Å²) in [6.07, 6.45) is 3.48. The van der Waals surface area contributed by atoms with Crippen molar-refractivity contribution in [2.75, 3.05) is 23.7 Å². The van der Waals surface area contributed by atoms with Gasteiger partial charge >= 0.3 is 0 Å². The molecule has 2 heterocycles. The van der Waals surface area contributed by atoms with Crippen molar-refractivity contribution >= 4 is 34.7 Å². The normalized spacial score (nSPS) is 10.4. The first-order chi connectivity index (χ1) is 9.29. The van der Waals surface area contributed by atoms with Gasteiger partial charge in [0, 0.05) is 24.9 Å². The van der Waals surface area contributed by atoms with Crippen molar-refractivity contribution in [3.63, 3.8) is 0 Å². The molecule has 19 heavy (non-hydrogen) atoms. The van der Waals surface area contributed by atoms with Gasteiger partial charge in [-0.25, -0.2) is 9.97 Å². The zero-order valence-corrected chi connectivity index (χ0v) is 12.3. The van der Waals surface area contributed by atoms with Gasteiger partial charge in [0.1, 0.15) is 10.8 Å². The molecule has 0 bridgehead atoms. The SMILES string of the molecule is CCCNc1ncc(Cl)c(NCCc2cscn2)n1. The minimum atomic E-state index is 0.528. The van der Waals surface area contributed by atoms with Gasteiger partial charge in [0.2, 0.25) is 5.95 Å². The summed E-state index contributed by atoms with van der Waals surface area (Å²) in [6.45, 7) is 3.68. The van der Waals surface area contributed by atoms with Crippen LogP contribution in [0.4, 0.5) is 11.8 Å². The Kier molecular flexibility index (Phi) is 5.35. The molecule has 0 unspecified atom stereocenters. The Hall–Kier alpha value is -1.40. The van der Waals surface area contributed by atoms with Crippen LogP contribution in [-0.4, -0.2) is 28.0 Å². The summed E-state index contributed by atoms with van der Waals surface area (Å²) in [5.41, 5.74) is 2.91. The van der Waals surface area contributed by atoms with Crippen LogP contribution < -0.4 is 10.6 Å². The summed E-state index contributed by atoms with van der Waals surface area (Å²) in [4.78, 5) is 12.7. The van der Waals surface area contributed by atoms with Crippen molar-refractivity contribution in [2.24, 2.45) is 0 Å². The maximum Gasteiger partial charge on any atom is 0.224 e. The molecule has 0 spiro atoms. The fourth-order valence-electron chi connectivity index (χ4n) is 1.48. The van der Waals surface area contributed by atoms with E-state index >= 15 is 0 Å². The largest absolute Gasteiger partial charge is 0.368 e. The first-order valence-electron chi connectivity index (χ1n) is 6.17. The van der Waals surface area contributed by atoms with Crippen molar-refractivity contribution in [2.45, 2.75) is 19.8 Å². The van der Waals surface area contributed by atoms with Crippen LogP contribution in [0.25, 0.3) is 0 Å². The molecular weight excluding hydrogens is 282 g/mol. The second-order valence-corrected chi connectivity index (χ2v) is 5.10. The standard InChI is InChI=1S/C12H16ClN5S/c1-2-4-15-12-16-6-10(13)11(18-12)14-5-3-9-7-19-8-17-9/h6-8H,2-5H2,1H3,(H2,14,15,16,18). The lowest BCUT2D eigenvalue weighted by atomic mass is 10.3. The number of hydrogen-bond acceptors (Lipinski definition) is 6. The van der Waals surface area contributed by atoms with Crippen molar-refractivity contribution < 1.29 is 0 Å². The Morgan fingerprint density at radius 3 is 2.89 bits per heavy atom. The molecular formula is C12H16ClN5S. The van der Waals surface area contributed by atoms with Gasteiger partial charge in [-0.2, -0.15) is 4.98 Å². The molecule has 0 radical (unpaired) electrons. The molecule has 0 aromatic carbocycles. The van der Waals surface area contributed by atoms with Crippen LogP contribution in [-0.2, 0) is 6.42 Å². The van der Waals surface area contributed by atoms with Crippen molar-refractivity contribution in [3.8, 4) is 0 Å². The first-order valence-corrected chi connectivity index (χ1v) is 7.49. The molecule has 2 aromatic heterocycles. The van der Waals surface area contributed by atoms with Crippen LogP contribution in [0.15, 0.2) is 17.1 Å². The Morgan fingerprint density at radius 2 is 2.16 bits per heavy atom. The molecule has 0 saturated heterocycles. The van der Waals surface area contributed by atoms with Gasteiger partial charge in [-0.15, -0.1) is 11.3 Å². The number of halogens is 1. The third kappa shape index (κ3) is 4.33. The summed E-state index contributed by atoms with van der Waals surface area (Å²) in [5.74, 6) is 1.26. The second-order valence-electron chi connectivity index (χ2n) is 3.97. The lowest BCUT2D eigenvalue weighted by Gasteiger charge is -2.09. The Balaban J connectivity index is 1.90. The molecule has 0 aliphatic heterocycles. The predicted molar refractivity (Wildman–Crippen MR) is 80.1 cm³/mol. The number of nitrogens with zero attached hydrogens (tertiary/aromatic N) is 3. The predicted octanol–water partition coefficient (Wildman–Crippen LogP) is 3.06. The van der Waals surface area contributed by atoms with Crippen LogP contribution >= 0.6 is 22.9 Å². The highest BCUT2D eigenvalue weighted by Gasteiger charge is 2.05. The average Bonchev–Trinajstić information content (AvgIpc) is 2.92. The van der Waals surface area contributed by atoms with E-state index in [0.29, 0.717) is 16.8 Å². The third-order valence-electron chi connectivity index (χ3n) is 2.43. The molecule has 0 aliphatic rings. The topological polar surface area (TPSA) is 62.7 Å². The highest BCUT2D eigenvalue weighted by molar-refractivity contribution is 7.07. The zero-order chi connectivity index (χ0) is 13.5. The van der Waals surface area contributed by atoms with Gasteiger partial charge < -0.3 is 10.6 Å². The molecule has 2 N–H and O–H groups in total. The van der Waals surface area contributed by atoms with Gasteiger partial charge in [0.15, 0.2) is 0 Å². The molecule has 0 amide bonds. The van der Waals surface area contributed by atoms with E-state index in [9.17, 15) is 0 Å². The Bertz CT molecular complexity index is 503. The number of aromatic nitrogens is 3. The number of thiazole rings is 1. The molecule has 2 rings (SSSR count). The molecule has 0 fully saturated rings. The van der Waals surface area contributed by atoms with Gasteiger partial charge in [-0.3, -0.25) is 0 Å². The van der Waals surface area contributed by atoms with Crippen LogP contribution in [0.1, 0.15) is 19.0 Å². The van der Waals surface area contributed by atoms with E-state index in [-0.39, 0.29) is 0 Å². The summed E-state index contributed by atoms with van der Waals surface area (Å²) < 4.78 is 0. The Labute approximate surface area is 121 Å². The number of hydrogen-bond donors (Lipinski definition) is 2. The second kappa shape index (κ2) is 7.25. The van der Waals surface area contributed by atoms with Gasteiger partial charge in [-0.1, -0.05) is 18.5 Å². The van der Waals surface area contributed by atoms with Crippen LogP contribution in [0.5, 0.6) is 0 Å². The lowest BCUT2D eigenvalue weighted by Crippen LogP contribution is -2.10. The van der Waals surface area contributed by atoms with Crippen LogP contribution in [0, 0.1) is 0 Å². The smallest absolute Gasteiger partial charge is 0.224 e. The fourth-order valence-corrected chi connectivity index (χ4v) is 2.23. The van der Waals surface area contributed by atoms with Gasteiger partial charge in [0.05, 0.1) is 17.4 Å². The first kappa shape index (κ1) is 14.0. The maximum atomic E-state index is 6.06. The quantitative estimate of drug-likeness (QED) is 0.822. The zero-order valence-electron chi connectivity index (χ0n) is 10.7. The Morgan fingerprint density at radius 1 is 1.26 bits per heavy atom. The monoisotopic (exact) mass is 297 g/mol. The molecule has 7 heteroatoms. The molecule has 2 aromatic rings. The van der Waals surface area contributed by atoms with Gasteiger partial charge in [-0.05, 0) is 6.42 Å². The average molecular weight is 298 g/mol. The van der Waals surface area contributed by atoms with Crippen molar-refractivity contribution in [1.29, 1.82) is 0 Å². The summed E-state index contributed by atoms with van der Waals surface area (Å²) in [7, 11) is 0. The minimum absolute atomic E-state index is 0.528. The number of rotatable bonds is 7. The summed E-state index contributed by atoms with van der Waals surface area (Å²) in [5, 5.41) is 8.91. The van der Waals surface area contributed by atoms with E-state index in [0.717, 1.165) is 31.6 Å². The van der Waals surface area contributed by atoms with Crippen molar-refractivity contribution in [1.82, 2.24) is 15.0 Å². The summed E-state index contributed by atoms with van der Waals surface area (Å²) in [6, 6.07) is 0. The maximum absolute atomic E-state index is 6.06. The van der Waals surface area contributed by atoms with Gasteiger partial charge in [0.25, 0.3) is 0 Å². The van der Waals surface area contributed by atoms with E-state index in [4.69, 9.17) is 11.6 Å². The van der Waals surface area contributed by atoms with E-state index in [1.165, 1.54) is 0 Å². The third-order valence-corrected chi connectivity index (χ3v) is 3.35. The highest BCUT2D eigenvalue weighted by Crippen LogP contribution is 2.19. The summed E-state index contributed by atoms with van der Waals surface area (Å²) >= 11 is 7.66. The lowest BCUT2D eigenvalue weighted by molar-refractivity contribution is 0.941. The fraction of sp³-hybridized carbons (Fsp3) is 0.417. The van der Waals surface area contributed by atoms with E-state index in [1.54, 1.807) is 17.5 Å². The molecule has 0 saturated carbocycles. The van der Waals surface area contributed by atoms with E-state index in [1.807, 2.05) is 10.9 Å². The molecule has 0 atom stereocenters. The van der Waals surface area contributed by atoms with Crippen LogP contribution in [0.3, 0.4) is 0 Å². The molecule has 0 aliphatic carbocycles. The highest BCUT2D eigenvalue weighted by atomic mass is 35.5. The van der Waals surface area contributed by atoms with E-state index < -0.39 is 0 Å². The van der Waals surface area contributed by atoms with Crippen molar-refractivity contribution in [3.05, 3.63) is 27.8 Å². The molecule has 102 valence electrons. The molecule has 5 nitrogen and oxygen atoms in total. The number of nitrogens with one attached hydrogen (secondary N) is 2. The van der Waals surface area contributed by atoms with E-state index in [2.05, 4.69) is 32.5 Å². The minimum Gasteiger partial charge on any atom is -0.368 e. The number of anilines is 2. The van der Waals surface area contributed by atoms with Crippen LogP contribution in [0.2, 0.25) is 5.02 Å².